The minimum Gasteiger partial charge on any atom is -0.468 e. The normalized spacial score (nSPS) is 15.8. The molecular formula is C16H18FN3OS. The van der Waals surface area contributed by atoms with Gasteiger partial charge in [0.2, 0.25) is 0 Å². The maximum atomic E-state index is 13.2. The van der Waals surface area contributed by atoms with Gasteiger partial charge in [-0.05, 0) is 42.5 Å². The largest absolute Gasteiger partial charge is 0.468 e. The fourth-order valence-corrected chi connectivity index (χ4v) is 2.80. The first kappa shape index (κ1) is 15.0. The Morgan fingerprint density at radius 2 is 2.00 bits per heavy atom. The van der Waals surface area contributed by atoms with E-state index >= 15 is 0 Å². The molecule has 0 spiro atoms. The number of hydrogen-bond donors (Lipinski definition) is 1. The number of nitrogens with one attached hydrogen (secondary N) is 1. The van der Waals surface area contributed by atoms with Crippen molar-refractivity contribution in [1.29, 1.82) is 0 Å². The zero-order chi connectivity index (χ0) is 15.4. The molecule has 1 N–H and O–H groups in total. The number of nitrogens with zero attached hydrogens (tertiary/aromatic N) is 2. The third-order valence-electron chi connectivity index (χ3n) is 3.69. The van der Waals surface area contributed by atoms with Crippen LogP contribution in [0, 0.1) is 5.82 Å². The van der Waals surface area contributed by atoms with E-state index in [1.165, 1.54) is 12.1 Å². The van der Waals surface area contributed by atoms with Crippen LogP contribution in [-0.4, -0.2) is 41.1 Å². The maximum absolute atomic E-state index is 13.2. The molecule has 1 aliphatic rings. The molecule has 0 bridgehead atoms. The van der Waals surface area contributed by atoms with E-state index < -0.39 is 0 Å². The van der Waals surface area contributed by atoms with Crippen LogP contribution in [0.1, 0.15) is 5.76 Å². The summed E-state index contributed by atoms with van der Waals surface area (Å²) in [6.07, 6.45) is 1.70. The van der Waals surface area contributed by atoms with Crippen LogP contribution in [0.4, 0.5) is 10.1 Å². The van der Waals surface area contributed by atoms with Crippen LogP contribution in [0.3, 0.4) is 0 Å². The molecule has 0 unspecified atom stereocenters. The standard InChI is InChI=1S/C16H18FN3OS/c17-13-3-1-4-14(11-13)18-16(22)20-8-6-19(7-9-20)12-15-5-2-10-21-15/h1-5,10-11H,6-9,12H2,(H,18,22). The van der Waals surface area contributed by atoms with Crippen molar-refractivity contribution in [2.75, 3.05) is 31.5 Å². The SMILES string of the molecule is Fc1cccc(NC(=S)N2CCN(Cc3ccco3)CC2)c1. The van der Waals surface area contributed by atoms with Crippen LogP contribution in [-0.2, 0) is 6.54 Å². The number of halogens is 1. The lowest BCUT2D eigenvalue weighted by atomic mass is 10.3. The summed E-state index contributed by atoms with van der Waals surface area (Å²) in [7, 11) is 0. The molecule has 0 amide bonds. The van der Waals surface area contributed by atoms with Crippen LogP contribution >= 0.6 is 12.2 Å². The predicted molar refractivity (Wildman–Crippen MR) is 88.2 cm³/mol. The molecule has 0 saturated carbocycles. The highest BCUT2D eigenvalue weighted by Crippen LogP contribution is 2.13. The Labute approximate surface area is 134 Å². The van der Waals surface area contributed by atoms with Crippen molar-refractivity contribution < 1.29 is 8.81 Å². The van der Waals surface area contributed by atoms with Crippen LogP contribution in [0.25, 0.3) is 0 Å². The molecule has 1 fully saturated rings. The van der Waals surface area contributed by atoms with E-state index in [-0.39, 0.29) is 5.82 Å². The molecule has 1 saturated heterocycles. The van der Waals surface area contributed by atoms with Crippen molar-refractivity contribution >= 4 is 23.0 Å². The van der Waals surface area contributed by atoms with E-state index in [2.05, 4.69) is 15.1 Å². The number of rotatable bonds is 3. The lowest BCUT2D eigenvalue weighted by Crippen LogP contribution is -2.49. The smallest absolute Gasteiger partial charge is 0.173 e. The van der Waals surface area contributed by atoms with Gasteiger partial charge < -0.3 is 14.6 Å². The van der Waals surface area contributed by atoms with E-state index in [4.69, 9.17) is 16.6 Å². The van der Waals surface area contributed by atoms with Gasteiger partial charge in [-0.2, -0.15) is 0 Å². The summed E-state index contributed by atoms with van der Waals surface area (Å²) in [5, 5.41) is 3.74. The number of thiocarbonyl (C=S) groups is 1. The van der Waals surface area contributed by atoms with Crippen molar-refractivity contribution in [3.05, 3.63) is 54.2 Å². The average Bonchev–Trinajstić information content (AvgIpc) is 3.01. The third kappa shape index (κ3) is 3.84. The number of anilines is 1. The van der Waals surface area contributed by atoms with Crippen molar-refractivity contribution in [3.63, 3.8) is 0 Å². The molecule has 3 rings (SSSR count). The first-order chi connectivity index (χ1) is 10.7. The first-order valence-corrected chi connectivity index (χ1v) is 7.68. The van der Waals surface area contributed by atoms with Crippen molar-refractivity contribution in [2.24, 2.45) is 0 Å². The van der Waals surface area contributed by atoms with Crippen LogP contribution in [0.5, 0.6) is 0 Å². The Morgan fingerprint density at radius 3 is 2.68 bits per heavy atom. The third-order valence-corrected chi connectivity index (χ3v) is 4.06. The minimum atomic E-state index is -0.268. The highest BCUT2D eigenvalue weighted by Gasteiger charge is 2.19. The van der Waals surface area contributed by atoms with Crippen molar-refractivity contribution in [1.82, 2.24) is 9.80 Å². The molecule has 0 atom stereocenters. The Kier molecular flexibility index (Phi) is 4.70. The fraction of sp³-hybridized carbons (Fsp3) is 0.312. The highest BCUT2D eigenvalue weighted by atomic mass is 32.1. The quantitative estimate of drug-likeness (QED) is 0.879. The second kappa shape index (κ2) is 6.89. The van der Waals surface area contributed by atoms with Gasteiger partial charge in [-0.25, -0.2) is 4.39 Å². The van der Waals surface area contributed by atoms with Gasteiger partial charge in [-0.3, -0.25) is 4.90 Å². The van der Waals surface area contributed by atoms with Gasteiger partial charge in [0.05, 0.1) is 12.8 Å². The summed E-state index contributed by atoms with van der Waals surface area (Å²) in [6, 6.07) is 10.2. The first-order valence-electron chi connectivity index (χ1n) is 7.27. The van der Waals surface area contributed by atoms with Crippen LogP contribution in [0.2, 0.25) is 0 Å². The van der Waals surface area contributed by atoms with Gasteiger partial charge in [-0.15, -0.1) is 0 Å². The van der Waals surface area contributed by atoms with E-state index in [1.807, 2.05) is 18.2 Å². The van der Waals surface area contributed by atoms with Crippen LogP contribution < -0.4 is 5.32 Å². The van der Waals surface area contributed by atoms with E-state index in [1.54, 1.807) is 12.3 Å². The van der Waals surface area contributed by atoms with Crippen molar-refractivity contribution in [3.8, 4) is 0 Å². The zero-order valence-corrected chi connectivity index (χ0v) is 13.0. The van der Waals surface area contributed by atoms with Gasteiger partial charge in [0, 0.05) is 31.9 Å². The molecular weight excluding hydrogens is 301 g/mol. The van der Waals surface area contributed by atoms with E-state index in [0.717, 1.165) is 38.5 Å². The van der Waals surface area contributed by atoms with Gasteiger partial charge in [0.15, 0.2) is 5.11 Å². The molecule has 1 aromatic heterocycles. The predicted octanol–water partition coefficient (Wildman–Crippen LogP) is 2.93. The molecule has 1 aromatic carbocycles. The molecule has 0 aliphatic carbocycles. The summed E-state index contributed by atoms with van der Waals surface area (Å²) in [5.41, 5.74) is 0.683. The summed E-state index contributed by atoms with van der Waals surface area (Å²) in [4.78, 5) is 4.44. The average molecular weight is 319 g/mol. The molecule has 2 aromatic rings. The van der Waals surface area contributed by atoms with Crippen molar-refractivity contribution in [2.45, 2.75) is 6.54 Å². The zero-order valence-electron chi connectivity index (χ0n) is 12.2. The Bertz CT molecular complexity index is 624. The summed E-state index contributed by atoms with van der Waals surface area (Å²) in [6.45, 7) is 4.37. The molecule has 6 heteroatoms. The molecule has 116 valence electrons. The van der Waals surface area contributed by atoms with Gasteiger partial charge in [-0.1, -0.05) is 6.07 Å². The maximum Gasteiger partial charge on any atom is 0.173 e. The van der Waals surface area contributed by atoms with Gasteiger partial charge >= 0.3 is 0 Å². The van der Waals surface area contributed by atoms with E-state index in [9.17, 15) is 4.39 Å². The summed E-state index contributed by atoms with van der Waals surface area (Å²) < 4.78 is 18.6. The minimum absolute atomic E-state index is 0.268. The monoisotopic (exact) mass is 319 g/mol. The Morgan fingerprint density at radius 1 is 1.18 bits per heavy atom. The lowest BCUT2D eigenvalue weighted by molar-refractivity contribution is 0.166. The molecule has 22 heavy (non-hydrogen) atoms. The fourth-order valence-electron chi connectivity index (χ4n) is 2.50. The van der Waals surface area contributed by atoms with Gasteiger partial charge in [0.1, 0.15) is 11.6 Å². The summed E-state index contributed by atoms with van der Waals surface area (Å²) in [5.74, 6) is 0.713. The Balaban J connectivity index is 1.49. The second-order valence-electron chi connectivity index (χ2n) is 5.28. The highest BCUT2D eigenvalue weighted by molar-refractivity contribution is 7.80. The topological polar surface area (TPSA) is 31.6 Å². The number of benzene rings is 1. The van der Waals surface area contributed by atoms with Gasteiger partial charge in [0.25, 0.3) is 0 Å². The molecule has 4 nitrogen and oxygen atoms in total. The number of furan rings is 1. The van der Waals surface area contributed by atoms with E-state index in [0.29, 0.717) is 10.8 Å². The molecule has 2 heterocycles. The molecule has 0 radical (unpaired) electrons. The second-order valence-corrected chi connectivity index (χ2v) is 5.67. The lowest BCUT2D eigenvalue weighted by Gasteiger charge is -2.35. The molecule has 1 aliphatic heterocycles. The van der Waals surface area contributed by atoms with Crippen LogP contribution in [0.15, 0.2) is 47.1 Å². The summed E-state index contributed by atoms with van der Waals surface area (Å²) >= 11 is 5.41. The number of hydrogen-bond acceptors (Lipinski definition) is 3. The number of piperazine rings is 1. The Hall–Kier alpha value is -1.92.